The van der Waals surface area contributed by atoms with Crippen LogP contribution in [0.25, 0.3) is 0 Å². The minimum absolute atomic E-state index is 0.0652. The van der Waals surface area contributed by atoms with Gasteiger partial charge in [0, 0.05) is 17.9 Å². The highest BCUT2D eigenvalue weighted by Crippen LogP contribution is 2.21. The summed E-state index contributed by atoms with van der Waals surface area (Å²) in [5.41, 5.74) is 1.11. The number of halogens is 2. The minimum atomic E-state index is -0.552. The minimum Gasteiger partial charge on any atom is -0.326 e. The molecule has 3 rings (SSSR count). The first kappa shape index (κ1) is 21.8. The molecule has 30 heavy (non-hydrogen) atoms. The van der Waals surface area contributed by atoms with Crippen molar-refractivity contribution in [1.82, 2.24) is 14.8 Å². The van der Waals surface area contributed by atoms with E-state index in [4.69, 9.17) is 11.6 Å². The first-order valence-corrected chi connectivity index (χ1v) is 10.5. The van der Waals surface area contributed by atoms with Crippen molar-refractivity contribution in [2.24, 2.45) is 0 Å². The van der Waals surface area contributed by atoms with Crippen molar-refractivity contribution in [2.75, 3.05) is 16.4 Å². The van der Waals surface area contributed by atoms with E-state index in [0.717, 1.165) is 0 Å². The average molecular weight is 448 g/mol. The van der Waals surface area contributed by atoms with Crippen LogP contribution in [0.5, 0.6) is 0 Å². The van der Waals surface area contributed by atoms with E-state index < -0.39 is 5.82 Å². The second-order valence-electron chi connectivity index (χ2n) is 6.20. The van der Waals surface area contributed by atoms with E-state index >= 15 is 0 Å². The van der Waals surface area contributed by atoms with E-state index in [1.54, 1.807) is 16.7 Å². The molecule has 0 aliphatic rings. The Balaban J connectivity index is 1.57. The molecule has 2 aromatic carbocycles. The molecule has 0 unspecified atom stereocenters. The first-order chi connectivity index (χ1) is 14.5. The summed E-state index contributed by atoms with van der Waals surface area (Å²) in [6, 6.07) is 13.1. The van der Waals surface area contributed by atoms with Crippen molar-refractivity contribution in [3.8, 4) is 0 Å². The number of carbonyl (C=O) groups is 2. The van der Waals surface area contributed by atoms with Crippen molar-refractivity contribution in [3.63, 3.8) is 0 Å². The van der Waals surface area contributed by atoms with Gasteiger partial charge >= 0.3 is 0 Å². The third-order valence-electron chi connectivity index (χ3n) is 4.02. The third kappa shape index (κ3) is 5.80. The van der Waals surface area contributed by atoms with Gasteiger partial charge in [0.05, 0.1) is 17.2 Å². The Kier molecular flexibility index (Phi) is 7.42. The highest BCUT2D eigenvalue weighted by Gasteiger charge is 2.16. The van der Waals surface area contributed by atoms with E-state index in [2.05, 4.69) is 20.8 Å². The van der Waals surface area contributed by atoms with Crippen LogP contribution in [0.4, 0.5) is 15.8 Å². The van der Waals surface area contributed by atoms with Crippen LogP contribution in [-0.2, 0) is 22.6 Å². The molecule has 0 radical (unpaired) electrons. The summed E-state index contributed by atoms with van der Waals surface area (Å²) in [7, 11) is 0. The second-order valence-corrected chi connectivity index (χ2v) is 7.55. The lowest BCUT2D eigenvalue weighted by molar-refractivity contribution is -0.116. The quantitative estimate of drug-likeness (QED) is 0.509. The Morgan fingerprint density at radius 1 is 1.07 bits per heavy atom. The monoisotopic (exact) mass is 447 g/mol. The van der Waals surface area contributed by atoms with Crippen molar-refractivity contribution >= 4 is 46.6 Å². The van der Waals surface area contributed by atoms with E-state index in [9.17, 15) is 14.0 Å². The fraction of sp³-hybridized carbons (Fsp3) is 0.200. The Labute approximate surface area is 182 Å². The van der Waals surface area contributed by atoms with Crippen molar-refractivity contribution in [1.29, 1.82) is 0 Å². The van der Waals surface area contributed by atoms with Gasteiger partial charge < -0.3 is 15.2 Å². The summed E-state index contributed by atoms with van der Waals surface area (Å²) in [5, 5.41) is 14.1. The molecule has 0 spiro atoms. The standard InChI is InChI=1S/C20H19ClFN5O2S/c1-2-27-17(11-18(28)23-13-6-4-3-5-7-13)25-26-20(27)30-12-19(29)24-14-8-9-16(22)15(21)10-14/h3-10H,2,11-12H2,1H3,(H,23,28)(H,24,29). The molecule has 7 nitrogen and oxygen atoms in total. The molecular weight excluding hydrogens is 429 g/mol. The van der Waals surface area contributed by atoms with E-state index in [-0.39, 0.29) is 29.0 Å². The van der Waals surface area contributed by atoms with Crippen LogP contribution in [0.2, 0.25) is 5.02 Å². The number of nitrogens with zero attached hydrogens (tertiary/aromatic N) is 3. The molecule has 2 N–H and O–H groups in total. The number of amides is 2. The Morgan fingerprint density at radius 2 is 1.80 bits per heavy atom. The summed E-state index contributed by atoms with van der Waals surface area (Å²) < 4.78 is 15.0. The Morgan fingerprint density at radius 3 is 2.50 bits per heavy atom. The number of aromatic nitrogens is 3. The van der Waals surface area contributed by atoms with E-state index in [0.29, 0.717) is 28.9 Å². The fourth-order valence-electron chi connectivity index (χ4n) is 2.65. The first-order valence-electron chi connectivity index (χ1n) is 9.11. The number of thioether (sulfide) groups is 1. The smallest absolute Gasteiger partial charge is 0.234 e. The van der Waals surface area contributed by atoms with Gasteiger partial charge in [-0.3, -0.25) is 9.59 Å². The summed E-state index contributed by atoms with van der Waals surface area (Å²) in [6.07, 6.45) is 0.0660. The summed E-state index contributed by atoms with van der Waals surface area (Å²) in [5.74, 6) is -0.464. The van der Waals surface area contributed by atoms with E-state index in [1.807, 2.05) is 25.1 Å². The van der Waals surface area contributed by atoms with Gasteiger partial charge in [-0.1, -0.05) is 41.6 Å². The molecule has 0 aliphatic carbocycles. The average Bonchev–Trinajstić information content (AvgIpc) is 3.11. The van der Waals surface area contributed by atoms with Crippen molar-refractivity contribution in [2.45, 2.75) is 25.0 Å². The largest absolute Gasteiger partial charge is 0.326 e. The third-order valence-corrected chi connectivity index (χ3v) is 5.28. The lowest BCUT2D eigenvalue weighted by Crippen LogP contribution is -2.18. The van der Waals surface area contributed by atoms with Crippen LogP contribution in [0.1, 0.15) is 12.7 Å². The zero-order chi connectivity index (χ0) is 21.5. The highest BCUT2D eigenvalue weighted by atomic mass is 35.5. The number of hydrogen-bond donors (Lipinski definition) is 2. The number of hydrogen-bond acceptors (Lipinski definition) is 5. The van der Waals surface area contributed by atoms with Crippen LogP contribution in [0.15, 0.2) is 53.7 Å². The molecule has 0 bridgehead atoms. The molecule has 0 fully saturated rings. The topological polar surface area (TPSA) is 88.9 Å². The number of benzene rings is 2. The van der Waals surface area contributed by atoms with Gasteiger partial charge in [-0.25, -0.2) is 4.39 Å². The SMILES string of the molecule is CCn1c(CC(=O)Nc2ccccc2)nnc1SCC(=O)Nc1ccc(F)c(Cl)c1. The van der Waals surface area contributed by atoms with Gasteiger partial charge in [0.25, 0.3) is 0 Å². The maximum Gasteiger partial charge on any atom is 0.234 e. The second kappa shape index (κ2) is 10.2. The number of carbonyl (C=O) groups excluding carboxylic acids is 2. The molecule has 0 saturated heterocycles. The van der Waals surface area contributed by atoms with Crippen LogP contribution in [-0.4, -0.2) is 32.3 Å². The molecule has 156 valence electrons. The predicted molar refractivity (Wildman–Crippen MR) is 115 cm³/mol. The summed E-state index contributed by atoms with van der Waals surface area (Å²) in [6.45, 7) is 2.46. The molecule has 0 saturated carbocycles. The maximum atomic E-state index is 13.2. The van der Waals surface area contributed by atoms with Gasteiger partial charge in [0.15, 0.2) is 5.16 Å². The summed E-state index contributed by atoms with van der Waals surface area (Å²) >= 11 is 6.92. The molecule has 1 aromatic heterocycles. The molecule has 0 aliphatic heterocycles. The van der Waals surface area contributed by atoms with Crippen LogP contribution >= 0.6 is 23.4 Å². The van der Waals surface area contributed by atoms with E-state index in [1.165, 1.54) is 30.0 Å². The van der Waals surface area contributed by atoms with Crippen LogP contribution < -0.4 is 10.6 Å². The van der Waals surface area contributed by atoms with Gasteiger partial charge in [-0.15, -0.1) is 10.2 Å². The van der Waals surface area contributed by atoms with Gasteiger partial charge in [-0.05, 0) is 37.3 Å². The number of para-hydroxylation sites is 1. The van der Waals surface area contributed by atoms with Gasteiger partial charge in [-0.2, -0.15) is 0 Å². The van der Waals surface area contributed by atoms with Gasteiger partial charge in [0.1, 0.15) is 11.6 Å². The fourth-order valence-corrected chi connectivity index (χ4v) is 3.65. The molecule has 3 aromatic rings. The lowest BCUT2D eigenvalue weighted by atomic mass is 10.3. The predicted octanol–water partition coefficient (Wildman–Crippen LogP) is 4.00. The normalized spacial score (nSPS) is 10.6. The zero-order valence-corrected chi connectivity index (χ0v) is 17.6. The molecule has 2 amide bonds. The van der Waals surface area contributed by atoms with Crippen molar-refractivity contribution in [3.05, 3.63) is 65.2 Å². The van der Waals surface area contributed by atoms with Crippen molar-refractivity contribution < 1.29 is 14.0 Å². The molecular formula is C20H19ClFN5O2S. The Bertz CT molecular complexity index is 1040. The number of rotatable bonds is 8. The lowest BCUT2D eigenvalue weighted by Gasteiger charge is -2.08. The molecule has 1 heterocycles. The molecule has 0 atom stereocenters. The van der Waals surface area contributed by atoms with Gasteiger partial charge in [0.2, 0.25) is 11.8 Å². The highest BCUT2D eigenvalue weighted by molar-refractivity contribution is 7.99. The Hall–Kier alpha value is -2.91. The molecule has 10 heteroatoms. The zero-order valence-electron chi connectivity index (χ0n) is 16.1. The van der Waals surface area contributed by atoms with Crippen LogP contribution in [0, 0.1) is 5.82 Å². The number of anilines is 2. The number of nitrogens with one attached hydrogen (secondary N) is 2. The van der Waals surface area contributed by atoms with Crippen LogP contribution in [0.3, 0.4) is 0 Å². The maximum absolute atomic E-state index is 13.2. The summed E-state index contributed by atoms with van der Waals surface area (Å²) in [4.78, 5) is 24.5.